The van der Waals surface area contributed by atoms with E-state index in [4.69, 9.17) is 16.9 Å². The van der Waals surface area contributed by atoms with Gasteiger partial charge in [-0.25, -0.2) is 8.42 Å². The van der Waals surface area contributed by atoms with Crippen molar-refractivity contribution in [3.63, 3.8) is 0 Å². The van der Waals surface area contributed by atoms with E-state index in [0.29, 0.717) is 29.1 Å². The Bertz CT molecular complexity index is 926. The molecule has 2 aromatic carbocycles. The molecule has 0 aliphatic heterocycles. The Morgan fingerprint density at radius 3 is 2.61 bits per heavy atom. The third-order valence-electron chi connectivity index (χ3n) is 3.62. The average molecular weight is 345 g/mol. The predicted octanol–water partition coefficient (Wildman–Crippen LogP) is 3.74. The lowest BCUT2D eigenvalue weighted by molar-refractivity contribution is 0.610. The van der Waals surface area contributed by atoms with E-state index in [2.05, 4.69) is 10.8 Å². The second-order valence-corrected chi connectivity index (χ2v) is 7.30. The highest BCUT2D eigenvalue weighted by atomic mass is 35.5. The number of allylic oxidation sites excluding steroid dienone is 1. The molecule has 1 aliphatic carbocycles. The molecule has 0 aromatic heterocycles. The van der Waals surface area contributed by atoms with E-state index >= 15 is 0 Å². The van der Waals surface area contributed by atoms with Crippen molar-refractivity contribution < 1.29 is 8.42 Å². The Balaban J connectivity index is 1.85. The van der Waals surface area contributed by atoms with E-state index in [0.717, 1.165) is 11.1 Å². The van der Waals surface area contributed by atoms with Crippen LogP contribution in [0.25, 0.3) is 4.91 Å². The van der Waals surface area contributed by atoms with Crippen molar-refractivity contribution in [2.24, 2.45) is 0 Å². The highest BCUT2D eigenvalue weighted by Crippen LogP contribution is 2.33. The van der Waals surface area contributed by atoms with Crippen molar-refractivity contribution in [2.75, 3.05) is 4.72 Å². The minimum atomic E-state index is -3.66. The molecule has 4 nitrogen and oxygen atoms in total. The first-order chi connectivity index (χ1) is 11.0. The lowest BCUT2D eigenvalue weighted by atomic mass is 10.1. The predicted molar refractivity (Wildman–Crippen MR) is 91.4 cm³/mol. The highest BCUT2D eigenvalue weighted by Gasteiger charge is 2.25. The van der Waals surface area contributed by atoms with E-state index in [1.54, 1.807) is 48.5 Å². The summed E-state index contributed by atoms with van der Waals surface area (Å²) in [4.78, 5) is 0.269. The molecule has 2 aromatic rings. The minimum absolute atomic E-state index is 0.269. The summed E-state index contributed by atoms with van der Waals surface area (Å²) in [7, 11) is -3.66. The van der Waals surface area contributed by atoms with Crippen LogP contribution in [0.3, 0.4) is 0 Å². The fraction of sp³-hybridized carbons (Fsp3) is 0.118. The summed E-state index contributed by atoms with van der Waals surface area (Å²) in [5.41, 5.74) is 2.90. The van der Waals surface area contributed by atoms with Gasteiger partial charge in [0.15, 0.2) is 0 Å². The van der Waals surface area contributed by atoms with Crippen LogP contribution in [0.1, 0.15) is 16.7 Å². The lowest BCUT2D eigenvalue weighted by Gasteiger charge is -2.11. The Labute approximate surface area is 140 Å². The smallest absolute Gasteiger partial charge is 0.262 e. The van der Waals surface area contributed by atoms with Crippen molar-refractivity contribution in [1.29, 1.82) is 5.26 Å². The maximum absolute atomic E-state index is 12.6. The molecule has 0 atom stereocenters. The number of rotatable bonds is 4. The monoisotopic (exact) mass is 344 g/mol. The molecule has 0 fully saturated rings. The molecular weight excluding hydrogens is 332 g/mol. The number of hydrogen-bond acceptors (Lipinski definition) is 3. The minimum Gasteiger partial charge on any atom is -0.280 e. The van der Waals surface area contributed by atoms with E-state index in [1.807, 2.05) is 0 Å². The van der Waals surface area contributed by atoms with Crippen LogP contribution < -0.4 is 4.72 Å². The molecule has 1 aliphatic rings. The number of fused-ring (bicyclic) bond motifs is 1. The van der Waals surface area contributed by atoms with Crippen molar-refractivity contribution in [2.45, 2.75) is 12.8 Å². The number of nitriles is 1. The van der Waals surface area contributed by atoms with Gasteiger partial charge in [-0.2, -0.15) is 5.26 Å². The molecule has 0 saturated carbocycles. The van der Waals surface area contributed by atoms with E-state index in [9.17, 15) is 8.42 Å². The van der Waals surface area contributed by atoms with E-state index < -0.39 is 10.0 Å². The zero-order chi connectivity index (χ0) is 16.4. The number of halogens is 1. The van der Waals surface area contributed by atoms with Crippen LogP contribution in [0.2, 0.25) is 5.02 Å². The molecule has 0 spiro atoms. The summed E-state index contributed by atoms with van der Waals surface area (Å²) in [5, 5.41) is 9.25. The molecule has 0 unspecified atom stereocenters. The molecule has 0 saturated heterocycles. The van der Waals surface area contributed by atoms with Crippen LogP contribution in [0.4, 0.5) is 5.69 Å². The number of sulfonamides is 1. The molecule has 0 amide bonds. The van der Waals surface area contributed by atoms with Crippen molar-refractivity contribution in [1.82, 2.24) is 0 Å². The number of nitrogens with zero attached hydrogens (tertiary/aromatic N) is 1. The summed E-state index contributed by atoms with van der Waals surface area (Å²) in [6.07, 6.45) is 2.53. The maximum Gasteiger partial charge on any atom is 0.262 e. The second-order valence-electron chi connectivity index (χ2n) is 5.21. The second kappa shape index (κ2) is 6.07. The molecule has 1 N–H and O–H groups in total. The molecule has 0 radical (unpaired) electrons. The first-order valence-electron chi connectivity index (χ1n) is 6.97. The van der Waals surface area contributed by atoms with Crippen LogP contribution in [-0.4, -0.2) is 8.42 Å². The topological polar surface area (TPSA) is 70.0 Å². The fourth-order valence-corrected chi connectivity index (χ4v) is 4.07. The third kappa shape index (κ3) is 3.24. The number of hydrogen-bond donors (Lipinski definition) is 1. The molecule has 0 heterocycles. The Kier molecular flexibility index (Phi) is 4.12. The fourth-order valence-electron chi connectivity index (χ4n) is 2.53. The first-order valence-corrected chi connectivity index (χ1v) is 8.83. The van der Waals surface area contributed by atoms with Crippen molar-refractivity contribution in [3.05, 3.63) is 70.3 Å². The quantitative estimate of drug-likeness (QED) is 0.918. The Hall–Kier alpha value is -2.29. The maximum atomic E-state index is 12.6. The highest BCUT2D eigenvalue weighted by molar-refractivity contribution is 8.01. The average Bonchev–Trinajstić information content (AvgIpc) is 2.93. The standard InChI is InChI=1S/C17H13ClN2O2S/c18-14-4-7-16-13(11-14)3-8-17(16)23(21,22)20-15-5-1-12(2-6-15)9-10-19/h1-2,4-8,11,20H,3,9H2. The SMILES string of the molecule is N#CCc1ccc(NS(=O)(=O)C2=CCc3cc(Cl)ccc32)cc1. The zero-order valence-electron chi connectivity index (χ0n) is 12.1. The van der Waals surface area contributed by atoms with Crippen molar-refractivity contribution in [3.8, 4) is 6.07 Å². The molecular formula is C17H13ClN2O2S. The summed E-state index contributed by atoms with van der Waals surface area (Å²) in [5.74, 6) is 0. The van der Waals surface area contributed by atoms with E-state index in [1.165, 1.54) is 0 Å². The zero-order valence-corrected chi connectivity index (χ0v) is 13.7. The van der Waals surface area contributed by atoms with Gasteiger partial charge in [-0.15, -0.1) is 0 Å². The van der Waals surface area contributed by atoms with Gasteiger partial charge in [0.1, 0.15) is 0 Å². The summed E-state index contributed by atoms with van der Waals surface area (Å²) in [6, 6.07) is 14.0. The normalized spacial score (nSPS) is 13.1. The van der Waals surface area contributed by atoms with Crippen molar-refractivity contribution >= 4 is 32.2 Å². The van der Waals surface area contributed by atoms with Crippen LogP contribution in [0, 0.1) is 11.3 Å². The van der Waals surface area contributed by atoms with Gasteiger partial charge in [-0.05, 0) is 47.4 Å². The lowest BCUT2D eigenvalue weighted by Crippen LogP contribution is -2.13. The number of benzene rings is 2. The molecule has 3 rings (SSSR count). The molecule has 0 bridgehead atoms. The van der Waals surface area contributed by atoms with Crippen LogP contribution in [0.15, 0.2) is 48.5 Å². The number of anilines is 1. The van der Waals surface area contributed by atoms with E-state index in [-0.39, 0.29) is 4.91 Å². The number of nitrogens with one attached hydrogen (secondary N) is 1. The van der Waals surface area contributed by atoms with Gasteiger partial charge in [0, 0.05) is 10.7 Å². The van der Waals surface area contributed by atoms with Gasteiger partial charge in [0.25, 0.3) is 10.0 Å². The largest absolute Gasteiger partial charge is 0.280 e. The van der Waals surface area contributed by atoms with Crippen LogP contribution in [0.5, 0.6) is 0 Å². The van der Waals surface area contributed by atoms with Gasteiger partial charge in [0.05, 0.1) is 17.4 Å². The van der Waals surface area contributed by atoms with Crippen LogP contribution in [-0.2, 0) is 22.9 Å². The van der Waals surface area contributed by atoms with Crippen LogP contribution >= 0.6 is 11.6 Å². The van der Waals surface area contributed by atoms with Gasteiger partial charge in [-0.1, -0.05) is 35.9 Å². The third-order valence-corrected chi connectivity index (χ3v) is 5.32. The molecule has 6 heteroatoms. The van der Waals surface area contributed by atoms with Gasteiger partial charge in [0.2, 0.25) is 0 Å². The molecule has 23 heavy (non-hydrogen) atoms. The van der Waals surface area contributed by atoms with Gasteiger partial charge in [-0.3, -0.25) is 4.72 Å². The summed E-state index contributed by atoms with van der Waals surface area (Å²) < 4.78 is 27.8. The first kappa shape index (κ1) is 15.6. The Morgan fingerprint density at radius 1 is 1.17 bits per heavy atom. The van der Waals surface area contributed by atoms with Gasteiger partial charge >= 0.3 is 0 Å². The Morgan fingerprint density at radius 2 is 1.91 bits per heavy atom. The summed E-state index contributed by atoms with van der Waals surface area (Å²) in [6.45, 7) is 0. The van der Waals surface area contributed by atoms with Gasteiger partial charge < -0.3 is 0 Å². The molecule has 116 valence electrons. The summed E-state index contributed by atoms with van der Waals surface area (Å²) >= 11 is 5.94.